The van der Waals surface area contributed by atoms with E-state index in [1.807, 2.05) is 6.92 Å². The minimum Gasteiger partial charge on any atom is -0.495 e. The number of hydrogen-bond acceptors (Lipinski definition) is 3. The van der Waals surface area contributed by atoms with Gasteiger partial charge in [-0.1, -0.05) is 23.2 Å². The minimum absolute atomic E-state index is 0.161. The predicted molar refractivity (Wildman–Crippen MR) is 105 cm³/mol. The van der Waals surface area contributed by atoms with Gasteiger partial charge in [-0.15, -0.1) is 0 Å². The number of nitrogens with one attached hydrogen (secondary N) is 1. The van der Waals surface area contributed by atoms with Crippen molar-refractivity contribution in [2.45, 2.75) is 13.8 Å². The van der Waals surface area contributed by atoms with Crippen molar-refractivity contribution in [2.75, 3.05) is 25.1 Å². The largest absolute Gasteiger partial charge is 0.495 e. The summed E-state index contributed by atoms with van der Waals surface area (Å²) >= 11 is 11.9. The molecular weight excluding hydrogens is 375 g/mol. The lowest BCUT2D eigenvalue weighted by Gasteiger charge is -2.24. The van der Waals surface area contributed by atoms with Crippen molar-refractivity contribution >= 4 is 40.7 Å². The lowest BCUT2D eigenvalue weighted by atomic mass is 10.1. The third-order valence-corrected chi connectivity index (χ3v) is 4.52. The highest BCUT2D eigenvalue weighted by Crippen LogP contribution is 2.33. The maximum atomic E-state index is 12.2. The first-order valence-corrected chi connectivity index (χ1v) is 8.75. The van der Waals surface area contributed by atoms with Crippen molar-refractivity contribution in [1.29, 1.82) is 0 Å². The van der Waals surface area contributed by atoms with Gasteiger partial charge in [0.15, 0.2) is 0 Å². The predicted octanol–water partition coefficient (Wildman–Crippen LogP) is 4.09. The fraction of sp³-hybridized carbons (Fsp3) is 0.263. The van der Waals surface area contributed by atoms with Gasteiger partial charge in [-0.05, 0) is 42.8 Å². The summed E-state index contributed by atoms with van der Waals surface area (Å²) in [6.07, 6.45) is 0. The summed E-state index contributed by atoms with van der Waals surface area (Å²) in [5.41, 5.74) is 1.95. The number of nitrogens with zero attached hydrogens (tertiary/aromatic N) is 1. The Kier molecular flexibility index (Phi) is 6.89. The number of halogens is 2. The molecular formula is C19H20Cl2N2O3. The molecule has 0 spiro atoms. The lowest BCUT2D eigenvalue weighted by molar-refractivity contribution is -0.116. The first kappa shape index (κ1) is 20.1. The Hall–Kier alpha value is -2.24. The molecule has 0 aliphatic rings. The van der Waals surface area contributed by atoms with Crippen LogP contribution in [0.3, 0.4) is 0 Å². The fourth-order valence-corrected chi connectivity index (χ4v) is 2.73. The fourth-order valence-electron chi connectivity index (χ4n) is 2.45. The highest BCUT2D eigenvalue weighted by Gasteiger charge is 2.18. The molecule has 1 N–H and O–H groups in total. The van der Waals surface area contributed by atoms with Gasteiger partial charge < -0.3 is 15.0 Å². The molecule has 2 aromatic rings. The van der Waals surface area contributed by atoms with Crippen molar-refractivity contribution in [1.82, 2.24) is 5.32 Å². The summed E-state index contributed by atoms with van der Waals surface area (Å²) in [7, 11) is 1.52. The van der Waals surface area contributed by atoms with Gasteiger partial charge in [-0.25, -0.2) is 0 Å². The van der Waals surface area contributed by atoms with Crippen molar-refractivity contribution in [3.05, 3.63) is 57.6 Å². The topological polar surface area (TPSA) is 58.6 Å². The van der Waals surface area contributed by atoms with Crippen LogP contribution in [0.4, 0.5) is 5.69 Å². The molecule has 2 aromatic carbocycles. The molecule has 0 radical (unpaired) electrons. The molecule has 0 aromatic heterocycles. The number of amides is 2. The van der Waals surface area contributed by atoms with Crippen LogP contribution in [0.15, 0.2) is 36.4 Å². The molecule has 7 heteroatoms. The average molecular weight is 395 g/mol. The van der Waals surface area contributed by atoms with E-state index in [1.165, 1.54) is 14.0 Å². The zero-order valence-electron chi connectivity index (χ0n) is 14.8. The van der Waals surface area contributed by atoms with Gasteiger partial charge in [0.2, 0.25) is 5.91 Å². The second kappa shape index (κ2) is 8.92. The number of rotatable bonds is 6. The summed E-state index contributed by atoms with van der Waals surface area (Å²) in [5, 5.41) is 3.92. The van der Waals surface area contributed by atoms with Gasteiger partial charge >= 0.3 is 0 Å². The van der Waals surface area contributed by atoms with E-state index in [1.54, 1.807) is 41.3 Å². The van der Waals surface area contributed by atoms with Crippen LogP contribution in [0.1, 0.15) is 22.8 Å². The normalized spacial score (nSPS) is 10.3. The molecule has 0 saturated heterocycles. The van der Waals surface area contributed by atoms with E-state index in [4.69, 9.17) is 27.9 Å². The zero-order chi connectivity index (χ0) is 19.3. The molecule has 0 unspecified atom stereocenters. The van der Waals surface area contributed by atoms with Gasteiger partial charge in [0.25, 0.3) is 5.91 Å². The minimum atomic E-state index is -0.232. The van der Waals surface area contributed by atoms with Crippen LogP contribution < -0.4 is 15.0 Å². The van der Waals surface area contributed by atoms with Crippen molar-refractivity contribution in [3.8, 4) is 5.75 Å². The van der Waals surface area contributed by atoms with Crippen LogP contribution in [0, 0.1) is 6.92 Å². The highest BCUT2D eigenvalue weighted by atomic mass is 35.5. The molecule has 5 nitrogen and oxygen atoms in total. The monoisotopic (exact) mass is 394 g/mol. The van der Waals surface area contributed by atoms with E-state index in [-0.39, 0.29) is 18.4 Å². The summed E-state index contributed by atoms with van der Waals surface area (Å²) in [6, 6.07) is 10.1. The van der Waals surface area contributed by atoms with Crippen molar-refractivity contribution < 1.29 is 14.3 Å². The molecule has 0 saturated carbocycles. The van der Waals surface area contributed by atoms with E-state index in [0.29, 0.717) is 33.6 Å². The lowest BCUT2D eigenvalue weighted by Crippen LogP contribution is -2.37. The molecule has 2 amide bonds. The summed E-state index contributed by atoms with van der Waals surface area (Å²) < 4.78 is 5.34. The Morgan fingerprint density at radius 2 is 1.81 bits per heavy atom. The van der Waals surface area contributed by atoms with E-state index >= 15 is 0 Å². The maximum Gasteiger partial charge on any atom is 0.251 e. The number of methoxy groups -OCH3 is 1. The standard InChI is InChI=1S/C19H20Cl2N2O3/c1-12-10-17(18(26-3)11-16(12)21)23(13(2)24)9-8-22-19(25)14-4-6-15(20)7-5-14/h4-7,10-11H,8-9H2,1-3H3,(H,22,25). The molecule has 0 heterocycles. The quantitative estimate of drug-likeness (QED) is 0.802. The molecule has 0 aliphatic carbocycles. The second-order valence-corrected chi connectivity index (χ2v) is 6.55. The molecule has 0 aliphatic heterocycles. The number of ether oxygens (including phenoxy) is 1. The van der Waals surface area contributed by atoms with E-state index < -0.39 is 0 Å². The third-order valence-electron chi connectivity index (χ3n) is 3.86. The zero-order valence-corrected chi connectivity index (χ0v) is 16.3. The van der Waals surface area contributed by atoms with Gasteiger partial charge in [0.1, 0.15) is 5.75 Å². The number of aryl methyl sites for hydroxylation is 1. The smallest absolute Gasteiger partial charge is 0.251 e. The van der Waals surface area contributed by atoms with Crippen LogP contribution in [0.5, 0.6) is 5.75 Å². The first-order chi connectivity index (χ1) is 12.3. The Labute approximate surface area is 162 Å². The molecule has 2 rings (SSSR count). The number of benzene rings is 2. The summed E-state index contributed by atoms with van der Waals surface area (Å²) in [5.74, 6) is 0.106. The van der Waals surface area contributed by atoms with Crippen LogP contribution in [-0.2, 0) is 4.79 Å². The molecule has 0 atom stereocenters. The van der Waals surface area contributed by atoms with E-state index in [0.717, 1.165) is 5.56 Å². The second-order valence-electron chi connectivity index (χ2n) is 5.71. The third kappa shape index (κ3) is 4.90. The Bertz CT molecular complexity index is 807. The van der Waals surface area contributed by atoms with Gasteiger partial charge in [-0.2, -0.15) is 0 Å². The van der Waals surface area contributed by atoms with Gasteiger partial charge in [0.05, 0.1) is 12.8 Å². The molecule has 26 heavy (non-hydrogen) atoms. The van der Waals surface area contributed by atoms with E-state index in [2.05, 4.69) is 5.32 Å². The Morgan fingerprint density at radius 1 is 1.15 bits per heavy atom. The number of carbonyl (C=O) groups is 2. The Morgan fingerprint density at radius 3 is 2.38 bits per heavy atom. The maximum absolute atomic E-state index is 12.2. The SMILES string of the molecule is COc1cc(Cl)c(C)cc1N(CCNC(=O)c1ccc(Cl)cc1)C(C)=O. The van der Waals surface area contributed by atoms with Crippen LogP contribution in [-0.4, -0.2) is 32.0 Å². The van der Waals surface area contributed by atoms with Crippen molar-refractivity contribution in [2.24, 2.45) is 0 Å². The van der Waals surface area contributed by atoms with Crippen LogP contribution in [0.25, 0.3) is 0 Å². The Balaban J connectivity index is 2.10. The number of hydrogen-bond donors (Lipinski definition) is 1. The van der Waals surface area contributed by atoms with Gasteiger partial charge in [-0.3, -0.25) is 9.59 Å². The highest BCUT2D eigenvalue weighted by molar-refractivity contribution is 6.31. The molecule has 0 fully saturated rings. The number of carbonyl (C=O) groups excluding carboxylic acids is 2. The van der Waals surface area contributed by atoms with Crippen LogP contribution in [0.2, 0.25) is 10.0 Å². The first-order valence-electron chi connectivity index (χ1n) is 7.99. The van der Waals surface area contributed by atoms with E-state index in [9.17, 15) is 9.59 Å². The van der Waals surface area contributed by atoms with Crippen molar-refractivity contribution in [3.63, 3.8) is 0 Å². The van der Waals surface area contributed by atoms with Crippen LogP contribution >= 0.6 is 23.2 Å². The average Bonchev–Trinajstić information content (AvgIpc) is 2.61. The van der Waals surface area contributed by atoms with Gasteiger partial charge in [0, 0.05) is 41.7 Å². The molecule has 0 bridgehead atoms. The summed E-state index contributed by atoms with van der Waals surface area (Å²) in [4.78, 5) is 25.8. The number of anilines is 1. The molecule has 138 valence electrons. The summed E-state index contributed by atoms with van der Waals surface area (Å²) in [6.45, 7) is 3.90.